The van der Waals surface area contributed by atoms with Crippen LogP contribution in [-0.4, -0.2) is 53.6 Å². The molecule has 0 spiro atoms. The van der Waals surface area contributed by atoms with Gasteiger partial charge in [-0.3, -0.25) is 0 Å². The first-order chi connectivity index (χ1) is 19.3. The van der Waals surface area contributed by atoms with Gasteiger partial charge >= 0.3 is 0 Å². The fourth-order valence-corrected chi connectivity index (χ4v) is 5.87. The van der Waals surface area contributed by atoms with Gasteiger partial charge in [0.25, 0.3) is 0 Å². The maximum absolute atomic E-state index is 15.0. The van der Waals surface area contributed by atoms with E-state index in [0.29, 0.717) is 28.6 Å². The van der Waals surface area contributed by atoms with Crippen LogP contribution >= 0.6 is 0 Å². The molecule has 0 radical (unpaired) electrons. The van der Waals surface area contributed by atoms with E-state index in [1.807, 2.05) is 43.5 Å². The molecular formula is C30H34F2N8. The summed E-state index contributed by atoms with van der Waals surface area (Å²) in [5.74, 6) is 0.934. The van der Waals surface area contributed by atoms with Crippen LogP contribution in [0.3, 0.4) is 0 Å². The van der Waals surface area contributed by atoms with Gasteiger partial charge in [-0.05, 0) is 89.5 Å². The molecule has 1 saturated heterocycles. The summed E-state index contributed by atoms with van der Waals surface area (Å²) in [6.07, 6.45) is 5.60. The number of anilines is 2. The van der Waals surface area contributed by atoms with E-state index < -0.39 is 11.6 Å². The standard InChI is InChI=1S/C30H34F2N8/c1-5-38-11-8-20(9-12-38)17-39-13-10-24-25(39)6-7-27(35-24)36-30-33-16-23(32)28(37-30)21-14-22(31)29-26(15-21)40(18(2)3)19(4)34-29/h6-7,10,13-16,18,20H,5,8-9,11-12,17H2,1-4H3,(H,33,35,36,37). The Morgan fingerprint density at radius 1 is 1.00 bits per heavy atom. The van der Waals surface area contributed by atoms with Crippen LogP contribution in [0.2, 0.25) is 0 Å². The molecule has 1 aromatic carbocycles. The maximum Gasteiger partial charge on any atom is 0.229 e. The van der Waals surface area contributed by atoms with Crippen LogP contribution in [-0.2, 0) is 6.54 Å². The molecule has 5 heterocycles. The average Bonchev–Trinajstić information content (AvgIpc) is 3.50. The van der Waals surface area contributed by atoms with Crippen LogP contribution < -0.4 is 5.32 Å². The zero-order valence-electron chi connectivity index (χ0n) is 23.3. The molecule has 1 aliphatic heterocycles. The molecular weight excluding hydrogens is 510 g/mol. The van der Waals surface area contributed by atoms with E-state index >= 15 is 4.39 Å². The summed E-state index contributed by atoms with van der Waals surface area (Å²) in [6, 6.07) is 8.99. The Morgan fingerprint density at radius 3 is 2.55 bits per heavy atom. The van der Waals surface area contributed by atoms with Crippen LogP contribution in [0.25, 0.3) is 33.3 Å². The third-order valence-corrected chi connectivity index (χ3v) is 7.93. The largest absolute Gasteiger partial charge is 0.346 e. The van der Waals surface area contributed by atoms with Gasteiger partial charge in [0, 0.05) is 24.3 Å². The Kier molecular flexibility index (Phi) is 6.95. The van der Waals surface area contributed by atoms with Crippen molar-refractivity contribution in [2.24, 2.45) is 5.92 Å². The van der Waals surface area contributed by atoms with Crippen molar-refractivity contribution in [3.05, 3.63) is 60.2 Å². The van der Waals surface area contributed by atoms with Crippen molar-refractivity contribution in [1.82, 2.24) is 34.0 Å². The number of imidazole rings is 1. The number of rotatable bonds is 7. The summed E-state index contributed by atoms with van der Waals surface area (Å²) in [7, 11) is 0. The molecule has 1 aliphatic rings. The van der Waals surface area contributed by atoms with Gasteiger partial charge in [0.1, 0.15) is 22.9 Å². The summed E-state index contributed by atoms with van der Waals surface area (Å²) in [5.41, 5.74) is 3.13. The van der Waals surface area contributed by atoms with E-state index in [1.165, 1.54) is 18.9 Å². The van der Waals surface area contributed by atoms with Crippen molar-refractivity contribution in [2.45, 2.75) is 53.1 Å². The Hall–Kier alpha value is -3.92. The molecule has 1 fully saturated rings. The zero-order valence-corrected chi connectivity index (χ0v) is 23.3. The minimum atomic E-state index is -0.637. The fraction of sp³-hybridized carbons (Fsp3) is 0.400. The number of hydrogen-bond donors (Lipinski definition) is 1. The smallest absolute Gasteiger partial charge is 0.229 e. The van der Waals surface area contributed by atoms with Crippen LogP contribution in [0.5, 0.6) is 0 Å². The Morgan fingerprint density at radius 2 is 1.80 bits per heavy atom. The predicted octanol–water partition coefficient (Wildman–Crippen LogP) is 6.49. The molecule has 10 heteroatoms. The van der Waals surface area contributed by atoms with Gasteiger partial charge in [-0.1, -0.05) is 6.92 Å². The minimum Gasteiger partial charge on any atom is -0.346 e. The summed E-state index contributed by atoms with van der Waals surface area (Å²) < 4.78 is 34.2. The molecule has 0 amide bonds. The van der Waals surface area contributed by atoms with Crippen molar-refractivity contribution < 1.29 is 8.78 Å². The van der Waals surface area contributed by atoms with Gasteiger partial charge in [-0.25, -0.2) is 28.7 Å². The van der Waals surface area contributed by atoms with Crippen LogP contribution in [0, 0.1) is 24.5 Å². The van der Waals surface area contributed by atoms with E-state index in [4.69, 9.17) is 4.98 Å². The molecule has 1 N–H and O–H groups in total. The molecule has 0 bridgehead atoms. The molecule has 208 valence electrons. The van der Waals surface area contributed by atoms with Crippen molar-refractivity contribution in [3.8, 4) is 11.3 Å². The second-order valence-corrected chi connectivity index (χ2v) is 10.9. The van der Waals surface area contributed by atoms with Gasteiger partial charge in [-0.15, -0.1) is 0 Å². The lowest BCUT2D eigenvalue weighted by Gasteiger charge is -2.31. The Balaban J connectivity index is 1.25. The first-order valence-corrected chi connectivity index (χ1v) is 14.0. The van der Waals surface area contributed by atoms with Crippen LogP contribution in [0.15, 0.2) is 42.7 Å². The minimum absolute atomic E-state index is 0.00816. The molecule has 0 aliphatic carbocycles. The average molecular weight is 545 g/mol. The second-order valence-electron chi connectivity index (χ2n) is 10.9. The number of nitrogens with zero attached hydrogens (tertiary/aromatic N) is 7. The van der Waals surface area contributed by atoms with Crippen molar-refractivity contribution in [2.75, 3.05) is 25.0 Å². The van der Waals surface area contributed by atoms with Crippen molar-refractivity contribution in [3.63, 3.8) is 0 Å². The molecule has 40 heavy (non-hydrogen) atoms. The molecule has 6 rings (SSSR count). The number of nitrogens with one attached hydrogen (secondary N) is 1. The number of halogens is 2. The van der Waals surface area contributed by atoms with Crippen molar-refractivity contribution >= 4 is 33.8 Å². The Labute approximate surface area is 232 Å². The number of pyridine rings is 1. The first kappa shape index (κ1) is 26.3. The third-order valence-electron chi connectivity index (χ3n) is 7.93. The highest BCUT2D eigenvalue weighted by Crippen LogP contribution is 2.31. The summed E-state index contributed by atoms with van der Waals surface area (Å²) >= 11 is 0. The quantitative estimate of drug-likeness (QED) is 0.253. The normalized spacial score (nSPS) is 15.1. The molecule has 0 unspecified atom stereocenters. The number of aromatic nitrogens is 6. The molecule has 5 aromatic rings. The van der Waals surface area contributed by atoms with Gasteiger partial charge in [-0.2, -0.15) is 0 Å². The van der Waals surface area contributed by atoms with Gasteiger partial charge in [0.15, 0.2) is 11.6 Å². The predicted molar refractivity (Wildman–Crippen MR) is 154 cm³/mol. The topological polar surface area (TPSA) is 76.7 Å². The molecule has 8 nitrogen and oxygen atoms in total. The maximum atomic E-state index is 15.0. The zero-order chi connectivity index (χ0) is 28.0. The highest BCUT2D eigenvalue weighted by molar-refractivity contribution is 5.83. The number of hydrogen-bond acceptors (Lipinski definition) is 6. The lowest BCUT2D eigenvalue weighted by atomic mass is 9.97. The van der Waals surface area contributed by atoms with Crippen LogP contribution in [0.4, 0.5) is 20.5 Å². The highest BCUT2D eigenvalue weighted by atomic mass is 19.1. The summed E-state index contributed by atoms with van der Waals surface area (Å²) in [5, 5.41) is 3.09. The highest BCUT2D eigenvalue weighted by Gasteiger charge is 2.20. The number of benzene rings is 1. The number of fused-ring (bicyclic) bond motifs is 2. The lowest BCUT2D eigenvalue weighted by Crippen LogP contribution is -2.34. The van der Waals surface area contributed by atoms with Gasteiger partial charge in [0.2, 0.25) is 5.95 Å². The molecule has 4 aromatic heterocycles. The van der Waals surface area contributed by atoms with E-state index in [1.54, 1.807) is 6.07 Å². The number of aryl methyl sites for hydroxylation is 1. The summed E-state index contributed by atoms with van der Waals surface area (Å²) in [6.45, 7) is 12.5. The fourth-order valence-electron chi connectivity index (χ4n) is 5.87. The van der Waals surface area contributed by atoms with Gasteiger partial charge in [0.05, 0.1) is 22.7 Å². The summed E-state index contributed by atoms with van der Waals surface area (Å²) in [4.78, 5) is 20.1. The van der Waals surface area contributed by atoms with Crippen molar-refractivity contribution in [1.29, 1.82) is 0 Å². The van der Waals surface area contributed by atoms with E-state index in [0.717, 1.165) is 43.4 Å². The third kappa shape index (κ3) is 4.92. The monoisotopic (exact) mass is 544 g/mol. The lowest BCUT2D eigenvalue weighted by molar-refractivity contribution is 0.182. The Bertz CT molecular complexity index is 1680. The first-order valence-electron chi connectivity index (χ1n) is 14.0. The van der Waals surface area contributed by atoms with E-state index in [9.17, 15) is 4.39 Å². The van der Waals surface area contributed by atoms with E-state index in [2.05, 4.69) is 42.9 Å². The number of likely N-dealkylation sites (tertiary alicyclic amines) is 1. The van der Waals surface area contributed by atoms with Gasteiger partial charge < -0.3 is 19.4 Å². The molecule has 0 atom stereocenters. The second kappa shape index (κ2) is 10.6. The van der Waals surface area contributed by atoms with E-state index in [-0.39, 0.29) is 23.2 Å². The molecule has 0 saturated carbocycles. The SMILES string of the molecule is CCN1CCC(Cn2ccc3nc(Nc4ncc(F)c(-c5cc(F)c6nc(C)n(C(C)C)c6c5)n4)ccc32)CC1. The number of piperidine rings is 1. The van der Waals surface area contributed by atoms with Crippen LogP contribution in [0.1, 0.15) is 45.5 Å².